The maximum absolute atomic E-state index is 15.9. The van der Waals surface area contributed by atoms with Gasteiger partial charge in [-0.3, -0.25) is 0 Å². The lowest BCUT2D eigenvalue weighted by Gasteiger charge is -2.28. The summed E-state index contributed by atoms with van der Waals surface area (Å²) in [6.45, 7) is 10.9. The van der Waals surface area contributed by atoms with Crippen LogP contribution in [0.2, 0.25) is 0 Å². The van der Waals surface area contributed by atoms with Gasteiger partial charge >= 0.3 is 12.3 Å². The molecule has 0 aromatic heterocycles. The molecule has 1 aliphatic rings. The molecule has 0 saturated heterocycles. The van der Waals surface area contributed by atoms with E-state index < -0.39 is 58.4 Å². The van der Waals surface area contributed by atoms with E-state index in [1.165, 1.54) is 6.07 Å². The summed E-state index contributed by atoms with van der Waals surface area (Å²) in [5.41, 5.74) is -0.306. The van der Waals surface area contributed by atoms with Gasteiger partial charge in [0.25, 0.3) is 0 Å². The largest absolute Gasteiger partial charge is 0.429 e. The number of alkyl halides is 5. The first-order valence-corrected chi connectivity index (χ1v) is 15.4. The summed E-state index contributed by atoms with van der Waals surface area (Å²) in [6, 6.07) is 6.09. The van der Waals surface area contributed by atoms with E-state index >= 15 is 17.6 Å². The predicted octanol–water partition coefficient (Wildman–Crippen LogP) is 12.5. The first-order valence-electron chi connectivity index (χ1n) is 15.4. The third kappa shape index (κ3) is 7.10. The Morgan fingerprint density at radius 1 is 0.739 bits per heavy atom. The summed E-state index contributed by atoms with van der Waals surface area (Å²) in [6.07, 6.45) is -5.42. The fourth-order valence-electron chi connectivity index (χ4n) is 6.24. The van der Waals surface area contributed by atoms with E-state index in [2.05, 4.69) is 4.74 Å². The predicted molar refractivity (Wildman–Crippen MR) is 160 cm³/mol. The number of ether oxygens (including phenoxy) is 1. The lowest BCUT2D eigenvalue weighted by atomic mass is 9.78. The molecule has 4 rings (SSSR count). The molecule has 10 heteroatoms. The second kappa shape index (κ2) is 13.4. The van der Waals surface area contributed by atoms with Crippen LogP contribution in [0.5, 0.6) is 5.75 Å². The van der Waals surface area contributed by atoms with Crippen molar-refractivity contribution >= 4 is 0 Å². The molecule has 0 fully saturated rings. The Balaban J connectivity index is 1.83. The van der Waals surface area contributed by atoms with Crippen LogP contribution >= 0.6 is 0 Å². The first kappa shape index (κ1) is 35.4. The van der Waals surface area contributed by atoms with Gasteiger partial charge < -0.3 is 4.74 Å². The molecule has 2 atom stereocenters. The number of rotatable bonds is 9. The van der Waals surface area contributed by atoms with E-state index in [0.29, 0.717) is 24.0 Å². The van der Waals surface area contributed by atoms with Gasteiger partial charge in [0.1, 0.15) is 40.2 Å². The van der Waals surface area contributed by atoms with Gasteiger partial charge in [-0.25, -0.2) is 17.6 Å². The lowest BCUT2D eigenvalue weighted by Crippen LogP contribution is -2.26. The number of benzene rings is 3. The lowest BCUT2D eigenvalue weighted by molar-refractivity contribution is -0.188. The topological polar surface area (TPSA) is 9.23 Å². The summed E-state index contributed by atoms with van der Waals surface area (Å²) in [5, 5.41) is 0. The molecule has 0 amide bonds. The zero-order valence-corrected chi connectivity index (χ0v) is 26.5. The number of halogens is 9. The molecule has 1 aliphatic carbocycles. The Morgan fingerprint density at radius 3 is 1.83 bits per heavy atom. The summed E-state index contributed by atoms with van der Waals surface area (Å²) in [5.74, 6) is -8.12. The highest BCUT2D eigenvalue weighted by Crippen LogP contribution is 2.45. The zero-order valence-electron chi connectivity index (χ0n) is 26.5. The maximum atomic E-state index is 15.9. The Kier molecular flexibility index (Phi) is 10.3. The Morgan fingerprint density at radius 2 is 1.33 bits per heavy atom. The van der Waals surface area contributed by atoms with Crippen molar-refractivity contribution in [2.24, 2.45) is 5.92 Å². The van der Waals surface area contributed by atoms with Gasteiger partial charge in [0.05, 0.1) is 0 Å². The molecule has 0 saturated carbocycles. The van der Waals surface area contributed by atoms with Crippen molar-refractivity contribution in [3.8, 4) is 16.9 Å². The quantitative estimate of drug-likeness (QED) is 0.208. The molecule has 0 N–H and O–H groups in total. The van der Waals surface area contributed by atoms with Gasteiger partial charge in [0, 0.05) is 18.1 Å². The summed E-state index contributed by atoms with van der Waals surface area (Å²) < 4.78 is 134. The van der Waals surface area contributed by atoms with Crippen LogP contribution in [0.15, 0.2) is 48.3 Å². The molecule has 0 radical (unpaired) electrons. The van der Waals surface area contributed by atoms with Crippen molar-refractivity contribution in [1.29, 1.82) is 0 Å². The molecule has 3 aromatic rings. The van der Waals surface area contributed by atoms with Crippen LogP contribution < -0.4 is 4.74 Å². The molecule has 3 aromatic carbocycles. The minimum atomic E-state index is -5.41. The average Bonchev–Trinajstić information content (AvgIpc) is 2.94. The van der Waals surface area contributed by atoms with E-state index in [1.807, 2.05) is 39.8 Å². The molecule has 0 spiro atoms. The minimum Gasteiger partial charge on any atom is -0.429 e. The maximum Gasteiger partial charge on any atom is 0.429 e. The molecule has 46 heavy (non-hydrogen) atoms. The Labute approximate surface area is 263 Å². The highest BCUT2D eigenvalue weighted by atomic mass is 19.4. The SMILES string of the molecule is CCc1cc(C2CCC(CC)C=C2F)cc(C(C)C)c1-c1cc(F)c(C(F)(F)Oc2cc(F)c(C(F)(F)F)c(F)c2)c(C(C)C)c1. The van der Waals surface area contributed by atoms with Gasteiger partial charge in [0.15, 0.2) is 0 Å². The van der Waals surface area contributed by atoms with Crippen molar-refractivity contribution in [2.45, 2.75) is 97.3 Å². The van der Waals surface area contributed by atoms with Gasteiger partial charge in [-0.1, -0.05) is 59.7 Å². The van der Waals surface area contributed by atoms with Crippen molar-refractivity contribution < 1.29 is 44.3 Å². The second-order valence-electron chi connectivity index (χ2n) is 12.5. The van der Waals surface area contributed by atoms with Gasteiger partial charge in [0.2, 0.25) is 0 Å². The second-order valence-corrected chi connectivity index (χ2v) is 12.5. The highest BCUT2D eigenvalue weighted by Gasteiger charge is 2.43. The molecule has 0 aliphatic heterocycles. The van der Waals surface area contributed by atoms with Crippen molar-refractivity contribution in [3.63, 3.8) is 0 Å². The fourth-order valence-corrected chi connectivity index (χ4v) is 6.24. The molecule has 250 valence electrons. The van der Waals surface area contributed by atoms with Gasteiger partial charge in [-0.15, -0.1) is 0 Å². The van der Waals surface area contributed by atoms with Crippen LogP contribution in [0.1, 0.15) is 112 Å². The van der Waals surface area contributed by atoms with Crippen molar-refractivity contribution in [2.75, 3.05) is 0 Å². The summed E-state index contributed by atoms with van der Waals surface area (Å²) in [7, 11) is 0. The molecule has 0 heterocycles. The standard InChI is InChI=1S/C36H37F9O/c1-7-20-9-10-25(28(37)11-20)22-12-21(8-2)32(26(13-22)18(3)4)23-14-27(19(5)6)33(29(38)15-23)36(44,45)46-24-16-30(39)34(31(40)17-24)35(41,42)43/h11-20,25H,7-10H2,1-6H3. The fraction of sp³-hybridized carbons (Fsp3) is 0.444. The van der Waals surface area contributed by atoms with Crippen LogP contribution in [0.3, 0.4) is 0 Å². The zero-order chi connectivity index (χ0) is 34.3. The summed E-state index contributed by atoms with van der Waals surface area (Å²) in [4.78, 5) is 0. The van der Waals surface area contributed by atoms with Crippen LogP contribution in [-0.4, -0.2) is 0 Å². The van der Waals surface area contributed by atoms with Gasteiger partial charge in [-0.2, -0.15) is 22.0 Å². The molecular formula is C36H37F9O. The van der Waals surface area contributed by atoms with Crippen molar-refractivity contribution in [3.05, 3.63) is 99.1 Å². The van der Waals surface area contributed by atoms with Crippen LogP contribution in [0, 0.1) is 23.4 Å². The monoisotopic (exact) mass is 656 g/mol. The number of hydrogen-bond acceptors (Lipinski definition) is 1. The van der Waals surface area contributed by atoms with E-state index in [4.69, 9.17) is 0 Å². The minimum absolute atomic E-state index is 0.0160. The number of hydrogen-bond donors (Lipinski definition) is 0. The normalized spacial score (nSPS) is 17.5. The van der Waals surface area contributed by atoms with Crippen molar-refractivity contribution in [1.82, 2.24) is 0 Å². The van der Waals surface area contributed by atoms with Crippen LogP contribution in [-0.2, 0) is 18.7 Å². The van der Waals surface area contributed by atoms with Gasteiger partial charge in [-0.05, 0) is 89.0 Å². The van der Waals surface area contributed by atoms with E-state index in [-0.39, 0.29) is 35.4 Å². The highest BCUT2D eigenvalue weighted by molar-refractivity contribution is 5.74. The van der Waals surface area contributed by atoms with Crippen LogP contribution in [0.25, 0.3) is 11.1 Å². The summed E-state index contributed by atoms with van der Waals surface area (Å²) >= 11 is 0. The number of allylic oxidation sites excluding steroid dienone is 2. The third-order valence-electron chi connectivity index (χ3n) is 8.62. The molecular weight excluding hydrogens is 619 g/mol. The third-order valence-corrected chi connectivity index (χ3v) is 8.62. The Bertz CT molecular complexity index is 1600. The first-order chi connectivity index (χ1) is 21.4. The molecule has 0 bridgehead atoms. The molecule has 2 unspecified atom stereocenters. The number of aryl methyl sites for hydroxylation is 1. The van der Waals surface area contributed by atoms with E-state index in [9.17, 15) is 22.0 Å². The van der Waals surface area contributed by atoms with E-state index in [0.717, 1.165) is 35.6 Å². The van der Waals surface area contributed by atoms with Crippen LogP contribution in [0.4, 0.5) is 39.5 Å². The average molecular weight is 657 g/mol. The Hall–Kier alpha value is -3.43. The smallest absolute Gasteiger partial charge is 0.429 e. The van der Waals surface area contributed by atoms with E-state index in [1.54, 1.807) is 19.9 Å². The molecule has 1 nitrogen and oxygen atoms in total.